The Morgan fingerprint density at radius 1 is 1.39 bits per heavy atom. The molecule has 0 aromatic heterocycles. The average Bonchev–Trinajstić information content (AvgIpc) is 2.35. The Labute approximate surface area is 106 Å². The number of rotatable bonds is 4. The van der Waals surface area contributed by atoms with Gasteiger partial charge in [0.2, 0.25) is 0 Å². The summed E-state index contributed by atoms with van der Waals surface area (Å²) in [5.41, 5.74) is -1.21. The van der Waals surface area contributed by atoms with Crippen molar-refractivity contribution in [1.29, 1.82) is 0 Å². The maximum atomic E-state index is 11.6. The van der Waals surface area contributed by atoms with Crippen molar-refractivity contribution in [3.8, 4) is 11.8 Å². The van der Waals surface area contributed by atoms with Crippen LogP contribution in [0.25, 0.3) is 0 Å². The maximum Gasteiger partial charge on any atom is 0.329 e. The van der Waals surface area contributed by atoms with Gasteiger partial charge in [-0.15, -0.1) is 11.8 Å². The van der Waals surface area contributed by atoms with Gasteiger partial charge in [-0.1, -0.05) is 0 Å². The molecule has 0 aromatic carbocycles. The Balaban J connectivity index is 2.47. The number of ether oxygens (including phenoxy) is 1. The van der Waals surface area contributed by atoms with Gasteiger partial charge in [0.25, 0.3) is 0 Å². The molecule has 0 unspecified atom stereocenters. The zero-order valence-electron chi connectivity index (χ0n) is 10.4. The van der Waals surface area contributed by atoms with Crippen molar-refractivity contribution in [3.05, 3.63) is 0 Å². The van der Waals surface area contributed by atoms with Crippen LogP contribution < -0.4 is 10.6 Å². The van der Waals surface area contributed by atoms with E-state index in [1.54, 1.807) is 6.92 Å². The average molecular weight is 254 g/mol. The monoisotopic (exact) mass is 254 g/mol. The molecule has 3 N–H and O–H groups in total. The molecule has 100 valence electrons. The smallest absolute Gasteiger partial charge is 0.329 e. The second-order valence-corrected chi connectivity index (χ2v) is 4.06. The van der Waals surface area contributed by atoms with Crippen LogP contribution in [0, 0.1) is 11.8 Å². The molecule has 1 aliphatic rings. The van der Waals surface area contributed by atoms with Gasteiger partial charge in [-0.2, -0.15) is 0 Å². The lowest BCUT2D eigenvalue weighted by atomic mass is 9.90. The molecule has 1 saturated heterocycles. The second-order valence-electron chi connectivity index (χ2n) is 4.06. The number of carboxylic acid groups (broad SMARTS) is 1. The van der Waals surface area contributed by atoms with Crippen LogP contribution in [-0.4, -0.2) is 42.4 Å². The number of hydrogen-bond acceptors (Lipinski definition) is 3. The molecule has 0 bridgehead atoms. The lowest BCUT2D eigenvalue weighted by molar-refractivity contribution is -0.148. The number of carbonyl (C=O) groups excluding carboxylic acids is 1. The van der Waals surface area contributed by atoms with Crippen molar-refractivity contribution in [2.75, 3.05) is 19.8 Å². The standard InChI is InChI=1S/C12H18N2O4/c1-2-3-4-7-13-11(17)14-12(10(15)16)5-8-18-9-6-12/h4-9H2,1H3,(H,15,16)(H2,13,14,17). The molecule has 1 aliphatic heterocycles. The molecule has 0 radical (unpaired) electrons. The second kappa shape index (κ2) is 6.87. The molecule has 1 fully saturated rings. The number of urea groups is 1. The SMILES string of the molecule is CC#CCCNC(=O)NC1(C(=O)O)CCOCC1. The fraction of sp³-hybridized carbons (Fsp3) is 0.667. The predicted octanol–water partition coefficient (Wildman–Crippen LogP) is 0.333. The Morgan fingerprint density at radius 2 is 2.06 bits per heavy atom. The van der Waals surface area contributed by atoms with Crippen LogP contribution in [0.3, 0.4) is 0 Å². The predicted molar refractivity (Wildman–Crippen MR) is 65.0 cm³/mol. The van der Waals surface area contributed by atoms with E-state index < -0.39 is 17.5 Å². The molecule has 0 aliphatic carbocycles. The molecule has 1 heterocycles. The highest BCUT2D eigenvalue weighted by Gasteiger charge is 2.41. The highest BCUT2D eigenvalue weighted by Crippen LogP contribution is 2.20. The molecular weight excluding hydrogens is 236 g/mol. The van der Waals surface area contributed by atoms with Crippen molar-refractivity contribution in [3.63, 3.8) is 0 Å². The Hall–Kier alpha value is -1.74. The van der Waals surface area contributed by atoms with E-state index in [9.17, 15) is 14.7 Å². The molecule has 2 amide bonds. The largest absolute Gasteiger partial charge is 0.480 e. The summed E-state index contributed by atoms with van der Waals surface area (Å²) in [7, 11) is 0. The first kappa shape index (κ1) is 14.3. The Bertz CT molecular complexity index is 364. The molecule has 0 spiro atoms. The summed E-state index contributed by atoms with van der Waals surface area (Å²) in [6, 6.07) is -0.475. The van der Waals surface area contributed by atoms with E-state index in [2.05, 4.69) is 22.5 Å². The van der Waals surface area contributed by atoms with Gasteiger partial charge < -0.3 is 20.5 Å². The van der Waals surface area contributed by atoms with Crippen molar-refractivity contribution in [2.24, 2.45) is 0 Å². The molecule has 1 rings (SSSR count). The summed E-state index contributed by atoms with van der Waals surface area (Å²) in [5, 5.41) is 14.3. The zero-order chi connectivity index (χ0) is 13.4. The fourth-order valence-corrected chi connectivity index (χ4v) is 1.74. The van der Waals surface area contributed by atoms with Gasteiger partial charge in [0, 0.05) is 39.0 Å². The van der Waals surface area contributed by atoms with Gasteiger partial charge in [0.15, 0.2) is 0 Å². The van der Waals surface area contributed by atoms with Gasteiger partial charge in [-0.05, 0) is 6.92 Å². The molecule has 18 heavy (non-hydrogen) atoms. The summed E-state index contributed by atoms with van der Waals surface area (Å²) in [5.74, 6) is 4.51. The molecule has 6 nitrogen and oxygen atoms in total. The normalized spacial score (nSPS) is 17.2. The first-order valence-corrected chi connectivity index (χ1v) is 5.87. The summed E-state index contributed by atoms with van der Waals surface area (Å²) in [6.45, 7) is 2.81. The van der Waals surface area contributed by atoms with Gasteiger partial charge in [0.1, 0.15) is 5.54 Å². The van der Waals surface area contributed by atoms with Crippen LogP contribution in [0.1, 0.15) is 26.2 Å². The van der Waals surface area contributed by atoms with Crippen molar-refractivity contribution in [2.45, 2.75) is 31.7 Å². The summed E-state index contributed by atoms with van der Waals surface area (Å²) in [4.78, 5) is 22.9. The van der Waals surface area contributed by atoms with Gasteiger partial charge >= 0.3 is 12.0 Å². The Morgan fingerprint density at radius 3 is 2.61 bits per heavy atom. The number of nitrogens with one attached hydrogen (secondary N) is 2. The zero-order valence-corrected chi connectivity index (χ0v) is 10.4. The molecular formula is C12H18N2O4. The van der Waals surface area contributed by atoms with Crippen molar-refractivity contribution in [1.82, 2.24) is 10.6 Å². The van der Waals surface area contributed by atoms with Crippen molar-refractivity contribution < 1.29 is 19.4 Å². The summed E-state index contributed by atoms with van der Waals surface area (Å²) >= 11 is 0. The quantitative estimate of drug-likeness (QED) is 0.498. The fourth-order valence-electron chi connectivity index (χ4n) is 1.74. The van der Waals surface area contributed by atoms with E-state index in [4.69, 9.17) is 4.74 Å². The molecule has 0 saturated carbocycles. The van der Waals surface area contributed by atoms with Crippen LogP contribution >= 0.6 is 0 Å². The minimum atomic E-state index is -1.21. The molecule has 0 atom stereocenters. The summed E-state index contributed by atoms with van der Waals surface area (Å²) in [6.07, 6.45) is 1.11. The third-order valence-corrected chi connectivity index (χ3v) is 2.82. The van der Waals surface area contributed by atoms with Crippen LogP contribution in [0.4, 0.5) is 4.79 Å². The number of hydrogen-bond donors (Lipinski definition) is 3. The van der Waals surface area contributed by atoms with Crippen LogP contribution in [0.5, 0.6) is 0 Å². The van der Waals surface area contributed by atoms with Gasteiger partial charge in [0.05, 0.1) is 0 Å². The van der Waals surface area contributed by atoms with Crippen LogP contribution in [0.2, 0.25) is 0 Å². The first-order valence-electron chi connectivity index (χ1n) is 5.87. The van der Waals surface area contributed by atoms with E-state index >= 15 is 0 Å². The minimum Gasteiger partial charge on any atom is -0.480 e. The maximum absolute atomic E-state index is 11.6. The highest BCUT2D eigenvalue weighted by molar-refractivity contribution is 5.86. The number of carboxylic acids is 1. The Kier molecular flexibility index (Phi) is 5.46. The van der Waals surface area contributed by atoms with Gasteiger partial charge in [-0.25, -0.2) is 9.59 Å². The van der Waals surface area contributed by atoms with E-state index in [1.807, 2.05) is 0 Å². The van der Waals surface area contributed by atoms with E-state index in [0.29, 0.717) is 26.2 Å². The number of amides is 2. The van der Waals surface area contributed by atoms with E-state index in [-0.39, 0.29) is 12.8 Å². The minimum absolute atomic E-state index is 0.282. The summed E-state index contributed by atoms with van der Waals surface area (Å²) < 4.78 is 5.12. The van der Waals surface area contributed by atoms with Crippen molar-refractivity contribution >= 4 is 12.0 Å². The number of carbonyl (C=O) groups is 2. The van der Waals surface area contributed by atoms with Crippen LogP contribution in [0.15, 0.2) is 0 Å². The van der Waals surface area contributed by atoms with E-state index in [1.165, 1.54) is 0 Å². The van der Waals surface area contributed by atoms with E-state index in [0.717, 1.165) is 0 Å². The van der Waals surface area contributed by atoms with Crippen LogP contribution in [-0.2, 0) is 9.53 Å². The lowest BCUT2D eigenvalue weighted by Crippen LogP contribution is -2.59. The highest BCUT2D eigenvalue weighted by atomic mass is 16.5. The topological polar surface area (TPSA) is 87.7 Å². The van der Waals surface area contributed by atoms with Gasteiger partial charge in [-0.3, -0.25) is 0 Å². The first-order chi connectivity index (χ1) is 8.60. The number of aliphatic carboxylic acids is 1. The lowest BCUT2D eigenvalue weighted by Gasteiger charge is -2.33. The molecule has 0 aromatic rings. The third kappa shape index (κ3) is 3.93. The third-order valence-electron chi connectivity index (χ3n) is 2.82. The molecule has 6 heteroatoms.